The van der Waals surface area contributed by atoms with Gasteiger partial charge in [0.25, 0.3) is 0 Å². The predicted octanol–water partition coefficient (Wildman–Crippen LogP) is 3.18. The number of hydrogen-bond donors (Lipinski definition) is 0. The molecule has 0 aliphatic heterocycles. The van der Waals surface area contributed by atoms with E-state index in [4.69, 9.17) is 9.26 Å². The Morgan fingerprint density at radius 1 is 1.19 bits per heavy atom. The Labute approximate surface area is 95.0 Å². The van der Waals surface area contributed by atoms with Crippen molar-refractivity contribution in [1.29, 1.82) is 0 Å². The normalized spacial score (nSPS) is 10.4. The highest BCUT2D eigenvalue weighted by atomic mass is 16.5. The molecule has 3 heteroatoms. The van der Waals surface area contributed by atoms with Gasteiger partial charge in [-0.1, -0.05) is 17.3 Å². The van der Waals surface area contributed by atoms with Crippen LogP contribution in [0.15, 0.2) is 28.8 Å². The first-order valence-corrected chi connectivity index (χ1v) is 5.27. The van der Waals surface area contributed by atoms with Crippen LogP contribution in [0, 0.1) is 20.8 Å². The van der Waals surface area contributed by atoms with E-state index in [2.05, 4.69) is 17.3 Å². The third kappa shape index (κ3) is 2.42. The van der Waals surface area contributed by atoms with Gasteiger partial charge in [-0.25, -0.2) is 0 Å². The van der Waals surface area contributed by atoms with Gasteiger partial charge in [0.2, 0.25) is 0 Å². The topological polar surface area (TPSA) is 35.3 Å². The van der Waals surface area contributed by atoms with Crippen LogP contribution in [0.4, 0.5) is 0 Å². The molecule has 2 rings (SSSR count). The highest BCUT2D eigenvalue weighted by Crippen LogP contribution is 2.20. The van der Waals surface area contributed by atoms with Crippen LogP contribution in [-0.4, -0.2) is 5.16 Å². The summed E-state index contributed by atoms with van der Waals surface area (Å²) in [5.41, 5.74) is 3.14. The predicted molar refractivity (Wildman–Crippen MR) is 61.5 cm³/mol. The van der Waals surface area contributed by atoms with E-state index in [0.717, 1.165) is 22.8 Å². The fraction of sp³-hybridized carbons (Fsp3) is 0.308. The van der Waals surface area contributed by atoms with Crippen LogP contribution in [0.5, 0.6) is 5.75 Å². The first-order valence-electron chi connectivity index (χ1n) is 5.27. The minimum Gasteiger partial charge on any atom is -0.487 e. The lowest BCUT2D eigenvalue weighted by Gasteiger charge is -2.07. The number of benzene rings is 1. The number of hydrogen-bond acceptors (Lipinski definition) is 3. The molecule has 0 spiro atoms. The number of aryl methyl sites for hydroxylation is 3. The van der Waals surface area contributed by atoms with Crippen LogP contribution < -0.4 is 4.74 Å². The molecule has 3 nitrogen and oxygen atoms in total. The van der Waals surface area contributed by atoms with Gasteiger partial charge >= 0.3 is 0 Å². The molecule has 0 saturated carbocycles. The van der Waals surface area contributed by atoms with Gasteiger partial charge in [0.05, 0.1) is 0 Å². The summed E-state index contributed by atoms with van der Waals surface area (Å²) in [5, 5.41) is 3.88. The van der Waals surface area contributed by atoms with E-state index in [1.807, 2.05) is 32.9 Å². The Morgan fingerprint density at radius 2 is 2.00 bits per heavy atom. The lowest BCUT2D eigenvalue weighted by molar-refractivity contribution is 0.286. The van der Waals surface area contributed by atoms with Gasteiger partial charge in [0.1, 0.15) is 23.8 Å². The quantitative estimate of drug-likeness (QED) is 0.792. The molecule has 0 fully saturated rings. The summed E-state index contributed by atoms with van der Waals surface area (Å²) in [6.07, 6.45) is 0. The standard InChI is InChI=1S/C13H15NO2/c1-9-4-5-10(2)13(6-9)15-8-12-7-11(3)16-14-12/h4-7H,8H2,1-3H3. The molecule has 2 aromatic rings. The van der Waals surface area contributed by atoms with Crippen LogP contribution in [0.2, 0.25) is 0 Å². The van der Waals surface area contributed by atoms with Crippen LogP contribution >= 0.6 is 0 Å². The van der Waals surface area contributed by atoms with Crippen LogP contribution in [0.25, 0.3) is 0 Å². The van der Waals surface area contributed by atoms with Crippen molar-refractivity contribution in [3.8, 4) is 5.75 Å². The third-order valence-corrected chi connectivity index (χ3v) is 2.40. The summed E-state index contributed by atoms with van der Waals surface area (Å²) in [4.78, 5) is 0. The summed E-state index contributed by atoms with van der Waals surface area (Å²) < 4.78 is 10.7. The average molecular weight is 217 g/mol. The molecule has 0 saturated heterocycles. The second kappa shape index (κ2) is 4.39. The molecule has 1 aromatic heterocycles. The van der Waals surface area contributed by atoms with E-state index >= 15 is 0 Å². The minimum atomic E-state index is 0.446. The molecule has 0 aliphatic rings. The van der Waals surface area contributed by atoms with Crippen molar-refractivity contribution in [3.63, 3.8) is 0 Å². The number of rotatable bonds is 3. The van der Waals surface area contributed by atoms with E-state index in [0.29, 0.717) is 6.61 Å². The van der Waals surface area contributed by atoms with Gasteiger partial charge in [-0.15, -0.1) is 0 Å². The zero-order valence-corrected chi connectivity index (χ0v) is 9.78. The highest BCUT2D eigenvalue weighted by molar-refractivity contribution is 5.36. The maximum absolute atomic E-state index is 5.69. The minimum absolute atomic E-state index is 0.446. The van der Waals surface area contributed by atoms with Gasteiger partial charge in [-0.05, 0) is 38.0 Å². The molecule has 0 radical (unpaired) electrons. The zero-order chi connectivity index (χ0) is 11.5. The SMILES string of the molecule is Cc1ccc(C)c(OCc2cc(C)on2)c1. The summed E-state index contributed by atoms with van der Waals surface area (Å²) >= 11 is 0. The molecule has 16 heavy (non-hydrogen) atoms. The van der Waals surface area contributed by atoms with Crippen molar-refractivity contribution in [2.45, 2.75) is 27.4 Å². The molecule has 0 bridgehead atoms. The Bertz CT molecular complexity index is 488. The molecule has 0 N–H and O–H groups in total. The van der Waals surface area contributed by atoms with E-state index in [1.54, 1.807) is 0 Å². The average Bonchev–Trinajstić information content (AvgIpc) is 2.66. The molecule has 1 heterocycles. The van der Waals surface area contributed by atoms with E-state index in [1.165, 1.54) is 5.56 Å². The second-order valence-corrected chi connectivity index (χ2v) is 3.99. The van der Waals surface area contributed by atoms with Gasteiger partial charge in [0.15, 0.2) is 0 Å². The molecule has 1 aromatic carbocycles. The Balaban J connectivity index is 2.07. The summed E-state index contributed by atoms with van der Waals surface area (Å²) in [7, 11) is 0. The third-order valence-electron chi connectivity index (χ3n) is 2.40. The molecule has 84 valence electrons. The second-order valence-electron chi connectivity index (χ2n) is 3.99. The van der Waals surface area contributed by atoms with Crippen molar-refractivity contribution < 1.29 is 9.26 Å². The highest BCUT2D eigenvalue weighted by Gasteiger charge is 2.03. The number of nitrogens with zero attached hydrogens (tertiary/aromatic N) is 1. The molecule has 0 atom stereocenters. The smallest absolute Gasteiger partial charge is 0.134 e. The number of aromatic nitrogens is 1. The Hall–Kier alpha value is -1.77. The van der Waals surface area contributed by atoms with E-state index in [9.17, 15) is 0 Å². The molecule has 0 aliphatic carbocycles. The van der Waals surface area contributed by atoms with E-state index < -0.39 is 0 Å². The van der Waals surface area contributed by atoms with Crippen LogP contribution in [0.3, 0.4) is 0 Å². The van der Waals surface area contributed by atoms with Crippen molar-refractivity contribution in [2.75, 3.05) is 0 Å². The van der Waals surface area contributed by atoms with Crippen molar-refractivity contribution in [3.05, 3.63) is 46.8 Å². The maximum atomic E-state index is 5.69. The van der Waals surface area contributed by atoms with Crippen molar-refractivity contribution in [1.82, 2.24) is 5.16 Å². The van der Waals surface area contributed by atoms with Crippen molar-refractivity contribution >= 4 is 0 Å². The Kier molecular flexibility index (Phi) is 2.95. The molecular formula is C13H15NO2. The van der Waals surface area contributed by atoms with Gasteiger partial charge in [0, 0.05) is 6.07 Å². The molecular weight excluding hydrogens is 202 g/mol. The fourth-order valence-electron chi connectivity index (χ4n) is 1.50. The van der Waals surface area contributed by atoms with E-state index in [-0.39, 0.29) is 0 Å². The Morgan fingerprint density at radius 3 is 2.69 bits per heavy atom. The van der Waals surface area contributed by atoms with Crippen molar-refractivity contribution in [2.24, 2.45) is 0 Å². The fourth-order valence-corrected chi connectivity index (χ4v) is 1.50. The van der Waals surface area contributed by atoms with Gasteiger partial charge in [-0.2, -0.15) is 0 Å². The number of ether oxygens (including phenoxy) is 1. The monoisotopic (exact) mass is 217 g/mol. The van der Waals surface area contributed by atoms with Crippen LogP contribution in [0.1, 0.15) is 22.6 Å². The summed E-state index contributed by atoms with van der Waals surface area (Å²) in [6.45, 7) is 6.39. The lowest BCUT2D eigenvalue weighted by atomic mass is 10.1. The lowest BCUT2D eigenvalue weighted by Crippen LogP contribution is -1.97. The summed E-state index contributed by atoms with van der Waals surface area (Å²) in [6, 6.07) is 8.04. The molecule has 0 unspecified atom stereocenters. The van der Waals surface area contributed by atoms with Gasteiger partial charge in [-0.3, -0.25) is 0 Å². The molecule has 0 amide bonds. The first kappa shape index (κ1) is 10.7. The first-order chi connectivity index (χ1) is 7.65. The maximum Gasteiger partial charge on any atom is 0.134 e. The largest absolute Gasteiger partial charge is 0.487 e. The van der Waals surface area contributed by atoms with Gasteiger partial charge < -0.3 is 9.26 Å². The van der Waals surface area contributed by atoms with Crippen LogP contribution in [-0.2, 0) is 6.61 Å². The zero-order valence-electron chi connectivity index (χ0n) is 9.78. The summed E-state index contributed by atoms with van der Waals surface area (Å²) in [5.74, 6) is 1.71.